The zero-order valence-corrected chi connectivity index (χ0v) is 11.4. The predicted molar refractivity (Wildman–Crippen MR) is 73.2 cm³/mol. The number of nitrogens with zero attached hydrogens (tertiary/aromatic N) is 3. The lowest BCUT2D eigenvalue weighted by atomic mass is 10.2. The smallest absolute Gasteiger partial charge is 0.360 e. The van der Waals surface area contributed by atoms with Crippen LogP contribution < -0.4 is 5.43 Å². The van der Waals surface area contributed by atoms with Crippen LogP contribution in [-0.2, 0) is 0 Å². The number of carbonyl (C=O) groups is 1. The van der Waals surface area contributed by atoms with Gasteiger partial charge in [0.1, 0.15) is 5.02 Å². The van der Waals surface area contributed by atoms with Crippen molar-refractivity contribution in [3.63, 3.8) is 0 Å². The van der Waals surface area contributed by atoms with Gasteiger partial charge < -0.3 is 5.11 Å². The quantitative estimate of drug-likeness (QED) is 0.682. The number of nitro groups is 1. The Labute approximate surface area is 122 Å². The van der Waals surface area contributed by atoms with Gasteiger partial charge in [-0.15, -0.1) is 0 Å². The molecule has 0 bridgehead atoms. The second-order valence-electron chi connectivity index (χ2n) is 4.13. The molecular weight excluding hydrogens is 302 g/mol. The zero-order chi connectivity index (χ0) is 15.7. The molecule has 0 spiro atoms. The minimum atomic E-state index is -1.46. The molecule has 0 atom stereocenters. The standard InChI is InChI=1S/C12H8ClN3O5/c1-6-4-9(16(20)21)7(13)5-8(6)15-3-2-10(17)11(14-15)12(18)19/h2-5H,1H3,(H,18,19). The van der Waals surface area contributed by atoms with Crippen molar-refractivity contribution in [2.45, 2.75) is 6.92 Å². The maximum Gasteiger partial charge on any atom is 0.360 e. The first-order chi connectivity index (χ1) is 9.81. The number of aromatic nitrogens is 2. The molecule has 0 amide bonds. The molecular formula is C12H8ClN3O5. The molecule has 21 heavy (non-hydrogen) atoms. The van der Waals surface area contributed by atoms with Gasteiger partial charge in [0.25, 0.3) is 5.69 Å². The Hall–Kier alpha value is -2.74. The highest BCUT2D eigenvalue weighted by atomic mass is 35.5. The molecule has 1 N–H and O–H groups in total. The molecule has 0 aliphatic carbocycles. The second-order valence-corrected chi connectivity index (χ2v) is 4.53. The summed E-state index contributed by atoms with van der Waals surface area (Å²) in [5, 5.41) is 23.3. The van der Waals surface area contributed by atoms with Crippen molar-refractivity contribution in [2.75, 3.05) is 0 Å². The number of nitro benzene ring substituents is 1. The van der Waals surface area contributed by atoms with Crippen LogP contribution >= 0.6 is 11.6 Å². The van der Waals surface area contributed by atoms with E-state index in [9.17, 15) is 19.7 Å². The number of halogens is 1. The monoisotopic (exact) mass is 309 g/mol. The molecule has 0 saturated carbocycles. The Kier molecular flexibility index (Phi) is 3.72. The van der Waals surface area contributed by atoms with Crippen LogP contribution in [0.25, 0.3) is 5.69 Å². The van der Waals surface area contributed by atoms with Crippen LogP contribution in [0.3, 0.4) is 0 Å². The van der Waals surface area contributed by atoms with E-state index < -0.39 is 22.0 Å². The third-order valence-corrected chi connectivity index (χ3v) is 3.02. The van der Waals surface area contributed by atoms with E-state index in [4.69, 9.17) is 16.7 Å². The summed E-state index contributed by atoms with van der Waals surface area (Å²) < 4.78 is 1.13. The van der Waals surface area contributed by atoms with E-state index in [1.54, 1.807) is 6.92 Å². The third kappa shape index (κ3) is 2.75. The topological polar surface area (TPSA) is 115 Å². The van der Waals surface area contributed by atoms with Gasteiger partial charge in [0.15, 0.2) is 0 Å². The maximum atomic E-state index is 11.4. The van der Waals surface area contributed by atoms with Crippen LogP contribution in [0.1, 0.15) is 16.1 Å². The van der Waals surface area contributed by atoms with Gasteiger partial charge in [-0.2, -0.15) is 5.10 Å². The highest BCUT2D eigenvalue weighted by molar-refractivity contribution is 6.32. The molecule has 1 heterocycles. The predicted octanol–water partition coefficient (Wildman–Crippen LogP) is 1.80. The average molecular weight is 310 g/mol. The van der Waals surface area contributed by atoms with E-state index in [1.165, 1.54) is 18.3 Å². The summed E-state index contributed by atoms with van der Waals surface area (Å²) in [6.07, 6.45) is 1.26. The first-order valence-electron chi connectivity index (χ1n) is 5.59. The van der Waals surface area contributed by atoms with E-state index in [0.29, 0.717) is 11.3 Å². The van der Waals surface area contributed by atoms with Crippen LogP contribution in [0, 0.1) is 17.0 Å². The summed E-state index contributed by atoms with van der Waals surface area (Å²) in [4.78, 5) is 32.4. The summed E-state index contributed by atoms with van der Waals surface area (Å²) in [7, 11) is 0. The fourth-order valence-electron chi connectivity index (χ4n) is 1.73. The van der Waals surface area contributed by atoms with Crippen molar-refractivity contribution < 1.29 is 14.8 Å². The number of carboxylic acid groups (broad SMARTS) is 1. The number of hydrogen-bond donors (Lipinski definition) is 1. The minimum absolute atomic E-state index is 0.113. The van der Waals surface area contributed by atoms with E-state index in [0.717, 1.165) is 10.7 Å². The molecule has 0 radical (unpaired) electrons. The fraction of sp³-hybridized carbons (Fsp3) is 0.0833. The van der Waals surface area contributed by atoms with Gasteiger partial charge >= 0.3 is 5.97 Å². The average Bonchev–Trinajstić information content (AvgIpc) is 2.41. The minimum Gasteiger partial charge on any atom is -0.476 e. The summed E-state index contributed by atoms with van der Waals surface area (Å²) in [5.41, 5.74) is -0.847. The van der Waals surface area contributed by atoms with Crippen molar-refractivity contribution >= 4 is 23.3 Å². The van der Waals surface area contributed by atoms with E-state index in [2.05, 4.69) is 5.10 Å². The lowest BCUT2D eigenvalue weighted by Gasteiger charge is -2.09. The number of rotatable bonds is 3. The van der Waals surface area contributed by atoms with Gasteiger partial charge in [-0.3, -0.25) is 14.9 Å². The normalized spacial score (nSPS) is 10.4. The highest BCUT2D eigenvalue weighted by Crippen LogP contribution is 2.29. The molecule has 108 valence electrons. The van der Waals surface area contributed by atoms with Crippen LogP contribution in [0.4, 0.5) is 5.69 Å². The summed E-state index contributed by atoms with van der Waals surface area (Å²) in [5.74, 6) is -1.46. The van der Waals surface area contributed by atoms with Crippen LogP contribution in [0.5, 0.6) is 0 Å². The van der Waals surface area contributed by atoms with Crippen LogP contribution in [0.15, 0.2) is 29.2 Å². The van der Waals surface area contributed by atoms with Gasteiger partial charge in [0.2, 0.25) is 11.1 Å². The molecule has 1 aromatic heterocycles. The SMILES string of the molecule is Cc1cc([N+](=O)[O-])c(Cl)cc1-n1ccc(=O)c(C(=O)O)n1. The van der Waals surface area contributed by atoms with Crippen molar-refractivity contribution in [1.82, 2.24) is 9.78 Å². The summed E-state index contributed by atoms with van der Waals surface area (Å²) >= 11 is 5.82. The number of carboxylic acids is 1. The molecule has 0 aliphatic rings. The molecule has 0 unspecified atom stereocenters. The first-order valence-corrected chi connectivity index (χ1v) is 5.97. The highest BCUT2D eigenvalue weighted by Gasteiger charge is 2.17. The van der Waals surface area contributed by atoms with E-state index in [1.807, 2.05) is 0 Å². The van der Waals surface area contributed by atoms with Gasteiger partial charge in [-0.05, 0) is 18.6 Å². The molecule has 2 rings (SSSR count). The van der Waals surface area contributed by atoms with Crippen molar-refractivity contribution in [3.05, 3.63) is 61.0 Å². The lowest BCUT2D eigenvalue weighted by molar-refractivity contribution is -0.384. The Balaban J connectivity index is 2.65. The van der Waals surface area contributed by atoms with Gasteiger partial charge in [0.05, 0.1) is 10.6 Å². The van der Waals surface area contributed by atoms with Gasteiger partial charge in [-0.25, -0.2) is 9.48 Å². The van der Waals surface area contributed by atoms with E-state index in [-0.39, 0.29) is 10.7 Å². The van der Waals surface area contributed by atoms with Crippen molar-refractivity contribution in [2.24, 2.45) is 0 Å². The van der Waals surface area contributed by atoms with Gasteiger partial charge in [0, 0.05) is 18.3 Å². The molecule has 1 aromatic carbocycles. The Bertz CT molecular complexity index is 815. The summed E-state index contributed by atoms with van der Waals surface area (Å²) in [6.45, 7) is 1.58. The van der Waals surface area contributed by atoms with Crippen molar-refractivity contribution in [1.29, 1.82) is 0 Å². The number of aromatic carboxylic acids is 1. The lowest BCUT2D eigenvalue weighted by Crippen LogP contribution is -2.20. The third-order valence-electron chi connectivity index (χ3n) is 2.72. The Morgan fingerprint density at radius 2 is 2.14 bits per heavy atom. The Morgan fingerprint density at radius 3 is 2.71 bits per heavy atom. The fourth-order valence-corrected chi connectivity index (χ4v) is 1.96. The van der Waals surface area contributed by atoms with Crippen LogP contribution in [0.2, 0.25) is 5.02 Å². The zero-order valence-electron chi connectivity index (χ0n) is 10.6. The number of benzene rings is 1. The van der Waals surface area contributed by atoms with Crippen LogP contribution in [-0.4, -0.2) is 25.8 Å². The molecule has 0 fully saturated rings. The second kappa shape index (κ2) is 5.33. The number of aryl methyl sites for hydroxylation is 1. The maximum absolute atomic E-state index is 11.4. The number of hydrogen-bond acceptors (Lipinski definition) is 5. The first kappa shape index (κ1) is 14.7. The molecule has 0 aliphatic heterocycles. The van der Waals surface area contributed by atoms with Crippen molar-refractivity contribution in [3.8, 4) is 5.69 Å². The molecule has 8 nitrogen and oxygen atoms in total. The van der Waals surface area contributed by atoms with E-state index >= 15 is 0 Å². The molecule has 9 heteroatoms. The van der Waals surface area contributed by atoms with Gasteiger partial charge in [-0.1, -0.05) is 11.6 Å². The summed E-state index contributed by atoms with van der Waals surface area (Å²) in [6, 6.07) is 3.58. The Morgan fingerprint density at radius 1 is 1.48 bits per heavy atom. The molecule has 0 saturated heterocycles. The largest absolute Gasteiger partial charge is 0.476 e. The molecule has 2 aromatic rings.